The van der Waals surface area contributed by atoms with Crippen molar-refractivity contribution in [2.75, 3.05) is 11.9 Å². The maximum absolute atomic E-state index is 11.9. The normalized spacial score (nSPS) is 11.2. The molecule has 2 aromatic rings. The summed E-state index contributed by atoms with van der Waals surface area (Å²) in [7, 11) is -1.03. The van der Waals surface area contributed by atoms with Crippen LogP contribution >= 0.6 is 0 Å². The van der Waals surface area contributed by atoms with Crippen LogP contribution in [0, 0.1) is 6.92 Å². The minimum absolute atomic E-state index is 0.0950. The highest BCUT2D eigenvalue weighted by atomic mass is 28.3. The Bertz CT molecular complexity index is 688. The molecule has 0 saturated heterocycles. The molecule has 0 bridgehead atoms. The van der Waals surface area contributed by atoms with Crippen molar-refractivity contribution in [3.8, 4) is 0 Å². The molecule has 3 nitrogen and oxygen atoms in total. The lowest BCUT2D eigenvalue weighted by molar-refractivity contribution is -0.143. The van der Waals surface area contributed by atoms with Gasteiger partial charge in [-0.05, 0) is 49.6 Å². The molecule has 0 saturated carbocycles. The van der Waals surface area contributed by atoms with Crippen LogP contribution in [0.1, 0.15) is 24.0 Å². The van der Waals surface area contributed by atoms with Crippen LogP contribution in [-0.2, 0) is 16.0 Å². The zero-order valence-corrected chi connectivity index (χ0v) is 17.5. The number of rotatable bonds is 9. The predicted octanol–water partition coefficient (Wildman–Crippen LogP) is 5.94. The van der Waals surface area contributed by atoms with E-state index in [0.29, 0.717) is 13.0 Å². The van der Waals surface area contributed by atoms with Crippen molar-refractivity contribution in [1.29, 1.82) is 0 Å². The highest BCUT2D eigenvalue weighted by Gasteiger charge is 2.12. The first-order valence-electron chi connectivity index (χ1n) is 9.40. The first kappa shape index (κ1) is 20.2. The molecule has 1 N–H and O–H groups in total. The Morgan fingerprint density at radius 1 is 0.962 bits per heavy atom. The Balaban J connectivity index is 1.71. The van der Waals surface area contributed by atoms with E-state index in [0.717, 1.165) is 29.8 Å². The van der Waals surface area contributed by atoms with E-state index >= 15 is 0 Å². The summed E-state index contributed by atoms with van der Waals surface area (Å²) in [5.41, 5.74) is 4.52. The molecule has 0 aliphatic rings. The number of nitrogens with one attached hydrogen (secondary N) is 1. The SMILES string of the molecule is Cc1ccc(Nc2ccc(CCC(=O)OCCC[Si](C)(C)C)cc2)cc1. The van der Waals surface area contributed by atoms with Crippen LogP contribution in [0.25, 0.3) is 0 Å². The van der Waals surface area contributed by atoms with Crippen molar-refractivity contribution in [3.05, 3.63) is 59.7 Å². The molecule has 0 spiro atoms. The van der Waals surface area contributed by atoms with Gasteiger partial charge in [-0.25, -0.2) is 0 Å². The van der Waals surface area contributed by atoms with Gasteiger partial charge < -0.3 is 10.1 Å². The number of hydrogen-bond donors (Lipinski definition) is 1. The van der Waals surface area contributed by atoms with Gasteiger partial charge in [-0.2, -0.15) is 0 Å². The van der Waals surface area contributed by atoms with Crippen LogP contribution in [0.4, 0.5) is 11.4 Å². The topological polar surface area (TPSA) is 38.3 Å². The summed E-state index contributed by atoms with van der Waals surface area (Å²) in [6.07, 6.45) is 2.15. The lowest BCUT2D eigenvalue weighted by atomic mass is 10.1. The lowest BCUT2D eigenvalue weighted by Gasteiger charge is -2.15. The van der Waals surface area contributed by atoms with Gasteiger partial charge >= 0.3 is 5.97 Å². The van der Waals surface area contributed by atoms with Crippen LogP contribution in [0.2, 0.25) is 25.7 Å². The van der Waals surface area contributed by atoms with Gasteiger partial charge in [0.25, 0.3) is 0 Å². The fraction of sp³-hybridized carbons (Fsp3) is 0.409. The van der Waals surface area contributed by atoms with E-state index in [-0.39, 0.29) is 5.97 Å². The average molecular weight is 370 g/mol. The molecule has 0 aliphatic carbocycles. The number of ether oxygens (including phenoxy) is 1. The first-order valence-corrected chi connectivity index (χ1v) is 13.1. The van der Waals surface area contributed by atoms with Crippen molar-refractivity contribution in [3.63, 3.8) is 0 Å². The van der Waals surface area contributed by atoms with Crippen molar-refractivity contribution in [2.45, 2.75) is 51.9 Å². The molecule has 0 fully saturated rings. The van der Waals surface area contributed by atoms with E-state index in [2.05, 4.69) is 80.4 Å². The van der Waals surface area contributed by atoms with E-state index in [1.54, 1.807) is 0 Å². The van der Waals surface area contributed by atoms with Crippen LogP contribution < -0.4 is 5.32 Å². The third-order valence-electron chi connectivity index (χ3n) is 4.25. The van der Waals surface area contributed by atoms with Crippen LogP contribution in [0.15, 0.2) is 48.5 Å². The maximum Gasteiger partial charge on any atom is 0.306 e. The quantitative estimate of drug-likeness (QED) is 0.337. The Kier molecular flexibility index (Phi) is 7.46. The average Bonchev–Trinajstić information content (AvgIpc) is 2.59. The number of carbonyl (C=O) groups excluding carboxylic acids is 1. The first-order chi connectivity index (χ1) is 12.3. The van der Waals surface area contributed by atoms with E-state index < -0.39 is 8.07 Å². The second kappa shape index (κ2) is 9.58. The van der Waals surface area contributed by atoms with Crippen molar-refractivity contribution in [1.82, 2.24) is 0 Å². The number of aryl methyl sites for hydroxylation is 2. The molecule has 2 rings (SSSR count). The molecule has 26 heavy (non-hydrogen) atoms. The molecule has 0 aliphatic heterocycles. The van der Waals surface area contributed by atoms with Crippen molar-refractivity contribution >= 4 is 25.4 Å². The fourth-order valence-electron chi connectivity index (χ4n) is 2.67. The third kappa shape index (κ3) is 7.87. The van der Waals surface area contributed by atoms with Crippen molar-refractivity contribution < 1.29 is 9.53 Å². The zero-order valence-electron chi connectivity index (χ0n) is 16.5. The summed E-state index contributed by atoms with van der Waals surface area (Å²) in [5, 5.41) is 3.38. The number of anilines is 2. The Labute approximate surface area is 158 Å². The molecule has 4 heteroatoms. The zero-order chi connectivity index (χ0) is 19.0. The van der Waals surface area contributed by atoms with Gasteiger partial charge in [-0.15, -0.1) is 0 Å². The molecule has 0 atom stereocenters. The van der Waals surface area contributed by atoms with Gasteiger partial charge in [0.1, 0.15) is 0 Å². The van der Waals surface area contributed by atoms with E-state index in [1.165, 1.54) is 11.6 Å². The summed E-state index contributed by atoms with van der Waals surface area (Å²) in [5.74, 6) is -0.0950. The minimum Gasteiger partial charge on any atom is -0.466 e. The molecular weight excluding hydrogens is 338 g/mol. The van der Waals surface area contributed by atoms with Gasteiger partial charge in [0.15, 0.2) is 0 Å². The number of hydrogen-bond acceptors (Lipinski definition) is 3. The molecule has 140 valence electrons. The number of esters is 1. The fourth-order valence-corrected chi connectivity index (χ4v) is 3.87. The molecule has 0 amide bonds. The molecule has 0 aromatic heterocycles. The molecule has 0 heterocycles. The van der Waals surface area contributed by atoms with Crippen LogP contribution in [0.3, 0.4) is 0 Å². The van der Waals surface area contributed by atoms with Crippen LogP contribution in [0.5, 0.6) is 0 Å². The van der Waals surface area contributed by atoms with Crippen molar-refractivity contribution in [2.24, 2.45) is 0 Å². The highest BCUT2D eigenvalue weighted by molar-refractivity contribution is 6.76. The summed E-state index contributed by atoms with van der Waals surface area (Å²) in [4.78, 5) is 11.9. The Morgan fingerprint density at radius 2 is 1.54 bits per heavy atom. The van der Waals surface area contributed by atoms with Gasteiger partial charge in [-0.3, -0.25) is 4.79 Å². The van der Waals surface area contributed by atoms with Gasteiger partial charge in [-0.1, -0.05) is 55.5 Å². The number of benzene rings is 2. The standard InChI is InChI=1S/C22H31NO2Si/c1-18-6-11-20(12-7-18)23-21-13-8-19(9-14-21)10-15-22(24)25-16-5-17-26(2,3)4/h6-9,11-14,23H,5,10,15-17H2,1-4H3. The summed E-state index contributed by atoms with van der Waals surface area (Å²) in [6, 6.07) is 17.8. The monoisotopic (exact) mass is 369 g/mol. The Morgan fingerprint density at radius 3 is 2.12 bits per heavy atom. The predicted molar refractivity (Wildman–Crippen MR) is 113 cm³/mol. The van der Waals surface area contributed by atoms with E-state index in [9.17, 15) is 4.79 Å². The largest absolute Gasteiger partial charge is 0.466 e. The number of carbonyl (C=O) groups is 1. The molecule has 0 unspecified atom stereocenters. The van der Waals surface area contributed by atoms with E-state index in [1.807, 2.05) is 0 Å². The molecule has 2 aromatic carbocycles. The minimum atomic E-state index is -1.03. The van der Waals surface area contributed by atoms with Crippen LogP contribution in [-0.4, -0.2) is 20.7 Å². The second-order valence-corrected chi connectivity index (χ2v) is 13.7. The van der Waals surface area contributed by atoms with E-state index in [4.69, 9.17) is 4.74 Å². The molecular formula is C22H31NO2Si. The maximum atomic E-state index is 11.9. The van der Waals surface area contributed by atoms with Gasteiger partial charge in [0.2, 0.25) is 0 Å². The summed E-state index contributed by atoms with van der Waals surface area (Å²) in [6.45, 7) is 9.66. The highest BCUT2D eigenvalue weighted by Crippen LogP contribution is 2.18. The third-order valence-corrected chi connectivity index (χ3v) is 6.10. The summed E-state index contributed by atoms with van der Waals surface area (Å²) >= 11 is 0. The lowest BCUT2D eigenvalue weighted by Crippen LogP contribution is -2.20. The smallest absolute Gasteiger partial charge is 0.306 e. The second-order valence-electron chi connectivity index (χ2n) is 8.07. The molecule has 0 radical (unpaired) electrons. The summed E-state index contributed by atoms with van der Waals surface area (Å²) < 4.78 is 5.34. The Hall–Kier alpha value is -2.07. The van der Waals surface area contributed by atoms with Gasteiger partial charge in [0, 0.05) is 25.9 Å². The van der Waals surface area contributed by atoms with Gasteiger partial charge in [0.05, 0.1) is 6.61 Å².